The SMILES string of the molecule is CC/C=C\C/C=C\C/C=C\C/C=C\C/C=C\C/C=C\C/C=C\CCCCCCCCCCCCCCCCCCCCCC(=O)OCC(COC(OCC[N+](C)(C)C)C(=O)O)OC(=O)CCCCCCCCCCCCCCCCCCCCC/C=C\C/C=C\C/C=C\C/C=C\C/C=C\C/C=C\C/C=C\CC. The monoisotopic (exact) mass is 1490 g/mol. The van der Waals surface area contributed by atoms with Gasteiger partial charge in [0.05, 0.1) is 34.4 Å². The molecule has 0 aromatic carbocycles. The summed E-state index contributed by atoms with van der Waals surface area (Å²) in [7, 11) is 5.99. The fraction of sp³-hybridized carbons (Fsp3) is 0.684. The molecule has 0 radical (unpaired) electrons. The second-order valence-corrected chi connectivity index (χ2v) is 30.4. The third-order valence-corrected chi connectivity index (χ3v) is 19.0. The lowest BCUT2D eigenvalue weighted by molar-refractivity contribution is -0.870. The molecule has 0 amide bonds. The zero-order valence-corrected chi connectivity index (χ0v) is 70.0. The number of likely N-dealkylation sites (N-methyl/N-ethyl adjacent to an activating group) is 1. The number of rotatable bonds is 81. The van der Waals surface area contributed by atoms with Gasteiger partial charge in [0.15, 0.2) is 6.10 Å². The minimum Gasteiger partial charge on any atom is -0.477 e. The summed E-state index contributed by atoms with van der Waals surface area (Å²) in [4.78, 5) is 37.8. The van der Waals surface area contributed by atoms with Crippen LogP contribution in [0.5, 0.6) is 0 Å². The molecule has 0 aliphatic rings. The molecule has 1 N–H and O–H groups in total. The summed E-state index contributed by atoms with van der Waals surface area (Å²) in [6.07, 6.45) is 127. The molecule has 2 unspecified atom stereocenters. The molecule has 0 rings (SSSR count). The number of allylic oxidation sites excluding steroid dienone is 28. The normalized spacial score (nSPS) is 13.5. The maximum Gasteiger partial charge on any atom is 0.361 e. The summed E-state index contributed by atoms with van der Waals surface area (Å²) in [5, 5.41) is 9.80. The minimum atomic E-state index is -1.52. The van der Waals surface area contributed by atoms with Gasteiger partial charge in [-0.1, -0.05) is 402 Å². The first kappa shape index (κ1) is 102. The van der Waals surface area contributed by atoms with E-state index in [-0.39, 0.29) is 32.2 Å². The number of nitrogens with zero attached hydrogens (tertiary/aromatic N) is 1. The van der Waals surface area contributed by atoms with E-state index in [1.165, 1.54) is 218 Å². The van der Waals surface area contributed by atoms with E-state index in [0.29, 0.717) is 17.4 Å². The van der Waals surface area contributed by atoms with Gasteiger partial charge >= 0.3 is 17.9 Å². The standard InChI is InChI=1S/C98H165NO8/c1-6-8-10-12-14-16-18-20-22-24-26-28-30-32-34-36-38-40-42-44-46-48-50-52-54-56-58-60-62-64-66-68-70-72-74-76-78-80-82-84-86-88-95(100)105-92-94(93-106-98(97(102)103)104-91-90-99(3,4)5)107-96(101)89-87-85-83-81-79-77-75-73-71-69-67-65-63-61-59-57-55-53-51-49-47-45-43-41-39-37-35-33-31-29-27-25-23-21-19-17-15-13-11-9-7-2/h8-11,14-17,20-23,26-29,32-35,38-41,44-47,94,98H,6-7,12-13,18-19,24-25,30-31,36-37,42-43,48-93H2,1-5H3/p+1/b10-8-,11-9-,16-14-,17-15-,22-20-,23-21-,28-26-,29-27-,34-32-,35-33-,40-38-,41-39-,46-44-,47-45-. The van der Waals surface area contributed by atoms with Gasteiger partial charge in [0.1, 0.15) is 13.2 Å². The van der Waals surface area contributed by atoms with Gasteiger partial charge in [-0.2, -0.15) is 0 Å². The number of aliphatic carboxylic acids is 1. The summed E-state index contributed by atoms with van der Waals surface area (Å²) >= 11 is 0. The van der Waals surface area contributed by atoms with Crippen molar-refractivity contribution in [2.24, 2.45) is 0 Å². The molecule has 610 valence electrons. The summed E-state index contributed by atoms with van der Waals surface area (Å²) in [6, 6.07) is 0. The van der Waals surface area contributed by atoms with Crippen LogP contribution >= 0.6 is 0 Å². The van der Waals surface area contributed by atoms with E-state index >= 15 is 0 Å². The summed E-state index contributed by atoms with van der Waals surface area (Å²) in [5.74, 6) is -1.99. The van der Waals surface area contributed by atoms with E-state index in [1.54, 1.807) is 0 Å². The van der Waals surface area contributed by atoms with Gasteiger partial charge < -0.3 is 28.5 Å². The lowest BCUT2D eigenvalue weighted by Gasteiger charge is -2.25. The Morgan fingerprint density at radius 3 is 0.748 bits per heavy atom. The van der Waals surface area contributed by atoms with E-state index < -0.39 is 24.3 Å². The quantitative estimate of drug-likeness (QED) is 0.0211. The van der Waals surface area contributed by atoms with Crippen LogP contribution in [0.3, 0.4) is 0 Å². The molecule has 0 aromatic heterocycles. The van der Waals surface area contributed by atoms with E-state index in [2.05, 4.69) is 184 Å². The molecule has 0 saturated carbocycles. The Labute approximate surface area is 660 Å². The Morgan fingerprint density at radius 1 is 0.280 bits per heavy atom. The largest absolute Gasteiger partial charge is 0.477 e. The van der Waals surface area contributed by atoms with Gasteiger partial charge in [-0.3, -0.25) is 9.59 Å². The van der Waals surface area contributed by atoms with Gasteiger partial charge in [0.2, 0.25) is 0 Å². The van der Waals surface area contributed by atoms with Gasteiger partial charge in [-0.25, -0.2) is 4.79 Å². The van der Waals surface area contributed by atoms with Crippen LogP contribution in [0.4, 0.5) is 0 Å². The van der Waals surface area contributed by atoms with E-state index in [0.717, 1.165) is 128 Å². The van der Waals surface area contributed by atoms with E-state index in [9.17, 15) is 19.5 Å². The van der Waals surface area contributed by atoms with Crippen molar-refractivity contribution in [2.75, 3.05) is 47.5 Å². The highest BCUT2D eigenvalue weighted by molar-refractivity contribution is 5.71. The zero-order valence-electron chi connectivity index (χ0n) is 70.0. The molecule has 0 fully saturated rings. The Hall–Kier alpha value is -5.35. The second-order valence-electron chi connectivity index (χ2n) is 30.4. The molecule has 9 heteroatoms. The highest BCUT2D eigenvalue weighted by Crippen LogP contribution is 2.19. The molecular formula is C98H166NO8+. The van der Waals surface area contributed by atoms with Gasteiger partial charge in [0, 0.05) is 12.8 Å². The number of carboxylic acid groups (broad SMARTS) is 1. The first-order chi connectivity index (χ1) is 52.6. The summed E-state index contributed by atoms with van der Waals surface area (Å²) < 4.78 is 23.1. The number of ether oxygens (including phenoxy) is 4. The zero-order chi connectivity index (χ0) is 77.4. The van der Waals surface area contributed by atoms with Crippen LogP contribution in [0.15, 0.2) is 170 Å². The first-order valence-corrected chi connectivity index (χ1v) is 44.3. The maximum atomic E-state index is 13.0. The van der Waals surface area contributed by atoms with Crippen LogP contribution in [-0.2, 0) is 33.3 Å². The number of carboxylic acids is 1. The number of quaternary nitrogens is 1. The van der Waals surface area contributed by atoms with Crippen molar-refractivity contribution in [3.05, 3.63) is 170 Å². The highest BCUT2D eigenvalue weighted by Gasteiger charge is 2.25. The second kappa shape index (κ2) is 86.2. The van der Waals surface area contributed by atoms with Crippen LogP contribution in [0.2, 0.25) is 0 Å². The molecule has 0 aliphatic carbocycles. The maximum absolute atomic E-state index is 13.0. The van der Waals surface area contributed by atoms with Crippen LogP contribution < -0.4 is 0 Å². The van der Waals surface area contributed by atoms with Crippen LogP contribution in [-0.4, -0.2) is 87.4 Å². The Bertz CT molecular complexity index is 2380. The fourth-order valence-electron chi connectivity index (χ4n) is 12.3. The first-order valence-electron chi connectivity index (χ1n) is 44.3. The number of hydrogen-bond acceptors (Lipinski definition) is 7. The van der Waals surface area contributed by atoms with Crippen molar-refractivity contribution in [3.63, 3.8) is 0 Å². The average Bonchev–Trinajstić information content (AvgIpc) is 0.928. The minimum absolute atomic E-state index is 0.184. The van der Waals surface area contributed by atoms with E-state index in [1.807, 2.05) is 21.1 Å². The lowest BCUT2D eigenvalue weighted by Crippen LogP contribution is -2.40. The van der Waals surface area contributed by atoms with Crippen molar-refractivity contribution in [1.29, 1.82) is 0 Å². The van der Waals surface area contributed by atoms with Crippen LogP contribution in [0.25, 0.3) is 0 Å². The average molecular weight is 1490 g/mol. The predicted octanol–water partition coefficient (Wildman–Crippen LogP) is 29.3. The van der Waals surface area contributed by atoms with Crippen LogP contribution in [0, 0.1) is 0 Å². The third-order valence-electron chi connectivity index (χ3n) is 19.0. The van der Waals surface area contributed by atoms with Gasteiger partial charge in [-0.15, -0.1) is 0 Å². The molecule has 0 aromatic rings. The molecule has 0 saturated heterocycles. The summed E-state index contributed by atoms with van der Waals surface area (Å²) in [5.41, 5.74) is 0. The molecule has 107 heavy (non-hydrogen) atoms. The fourth-order valence-corrected chi connectivity index (χ4v) is 12.3. The van der Waals surface area contributed by atoms with Crippen molar-refractivity contribution < 1.29 is 42.9 Å². The Morgan fingerprint density at radius 2 is 0.505 bits per heavy atom. The van der Waals surface area contributed by atoms with Crippen molar-refractivity contribution in [1.82, 2.24) is 0 Å². The van der Waals surface area contributed by atoms with Crippen molar-refractivity contribution in [2.45, 2.75) is 386 Å². The Kier molecular flexibility index (Phi) is 81.9. The Balaban J connectivity index is 3.98. The number of hydrogen-bond donors (Lipinski definition) is 1. The van der Waals surface area contributed by atoms with Crippen molar-refractivity contribution in [3.8, 4) is 0 Å². The number of esters is 2. The molecule has 0 bridgehead atoms. The molecule has 2 atom stereocenters. The summed E-state index contributed by atoms with van der Waals surface area (Å²) in [6.45, 7) is 4.68. The predicted molar refractivity (Wildman–Crippen MR) is 465 cm³/mol. The topological polar surface area (TPSA) is 108 Å². The highest BCUT2D eigenvalue weighted by atomic mass is 16.7. The third kappa shape index (κ3) is 87.8. The van der Waals surface area contributed by atoms with Gasteiger partial charge in [-0.05, 0) is 128 Å². The molecule has 0 heterocycles. The lowest BCUT2D eigenvalue weighted by atomic mass is 10.0. The van der Waals surface area contributed by atoms with Gasteiger partial charge in [0.25, 0.3) is 6.29 Å². The van der Waals surface area contributed by atoms with E-state index in [4.69, 9.17) is 18.9 Å². The molecule has 0 spiro atoms. The number of carbonyl (C=O) groups excluding carboxylic acids is 2. The molecule has 9 nitrogen and oxygen atoms in total. The smallest absolute Gasteiger partial charge is 0.361 e. The van der Waals surface area contributed by atoms with Crippen molar-refractivity contribution >= 4 is 17.9 Å². The number of carbonyl (C=O) groups is 3. The molecular weight excluding hydrogens is 1320 g/mol. The van der Waals surface area contributed by atoms with Crippen LogP contribution in [0.1, 0.15) is 373 Å². The molecule has 0 aliphatic heterocycles. The number of unbranched alkanes of at least 4 members (excludes halogenated alkanes) is 38.